The van der Waals surface area contributed by atoms with E-state index in [4.69, 9.17) is 21.2 Å². The van der Waals surface area contributed by atoms with Crippen molar-refractivity contribution in [1.29, 1.82) is 5.26 Å². The molecule has 3 atom stereocenters. The van der Waals surface area contributed by atoms with Gasteiger partial charge in [-0.3, -0.25) is 14.3 Å². The summed E-state index contributed by atoms with van der Waals surface area (Å²) >= 11 is 1.46. The van der Waals surface area contributed by atoms with E-state index >= 15 is 0 Å². The Morgan fingerprint density at radius 3 is 2.84 bits per heavy atom. The molecule has 230 valence electrons. The number of nitrogen functional groups attached to an aromatic ring is 1. The summed E-state index contributed by atoms with van der Waals surface area (Å²) in [6, 6.07) is 6.03. The van der Waals surface area contributed by atoms with Gasteiger partial charge in [-0.2, -0.15) is 10.2 Å². The van der Waals surface area contributed by atoms with E-state index in [9.17, 15) is 10.1 Å². The van der Waals surface area contributed by atoms with Crippen LogP contribution in [0.1, 0.15) is 71.6 Å². The molecular formula is C33H35N9O2S. The molecule has 2 aromatic rings. The molecule has 5 heterocycles. The fourth-order valence-electron chi connectivity index (χ4n) is 7.50. The molecule has 0 amide bonds. The van der Waals surface area contributed by atoms with E-state index in [-0.39, 0.29) is 29.6 Å². The van der Waals surface area contributed by atoms with Gasteiger partial charge in [0.25, 0.3) is 0 Å². The Morgan fingerprint density at radius 1 is 1.27 bits per heavy atom. The van der Waals surface area contributed by atoms with Crippen molar-refractivity contribution in [1.82, 2.24) is 29.4 Å². The third-order valence-electron chi connectivity index (χ3n) is 9.67. The van der Waals surface area contributed by atoms with Gasteiger partial charge >= 0.3 is 0 Å². The van der Waals surface area contributed by atoms with Crippen molar-refractivity contribution >= 4 is 22.1 Å². The number of hydrogen-bond acceptors (Lipinski definition) is 11. The fraction of sp³-hybridized carbons (Fsp3) is 0.394. The van der Waals surface area contributed by atoms with Crippen LogP contribution in [-0.2, 0) is 11.8 Å². The van der Waals surface area contributed by atoms with Crippen LogP contribution in [-0.4, -0.2) is 60.9 Å². The lowest BCUT2D eigenvalue weighted by Crippen LogP contribution is -2.41. The van der Waals surface area contributed by atoms with Gasteiger partial charge in [0.15, 0.2) is 0 Å². The highest BCUT2D eigenvalue weighted by Crippen LogP contribution is 2.53. The monoisotopic (exact) mass is 621 g/mol. The van der Waals surface area contributed by atoms with Gasteiger partial charge in [0, 0.05) is 45.6 Å². The van der Waals surface area contributed by atoms with E-state index in [1.807, 2.05) is 6.07 Å². The number of thiophene rings is 1. The molecule has 11 nitrogen and oxygen atoms in total. The first-order valence-corrected chi connectivity index (χ1v) is 16.2. The summed E-state index contributed by atoms with van der Waals surface area (Å²) in [6.07, 6.45) is 13.0. The van der Waals surface area contributed by atoms with Gasteiger partial charge in [-0.05, 0) is 82.7 Å². The number of carbonyl (C=O) groups is 1. The Bertz CT molecular complexity index is 1850. The second-order valence-electron chi connectivity index (χ2n) is 12.1. The molecule has 0 aromatic carbocycles. The number of rotatable bonds is 7. The number of Topliss-reactive ketones (excluding diaryl/α,β-unsaturated/α-hetero) is 1. The van der Waals surface area contributed by atoms with E-state index in [2.05, 4.69) is 39.5 Å². The van der Waals surface area contributed by atoms with Gasteiger partial charge in [0.05, 0.1) is 11.6 Å². The molecule has 1 saturated heterocycles. The number of ether oxygens (including phenoxy) is 1. The number of nitrogens with zero attached hydrogens (tertiary/aromatic N) is 7. The number of nitrogens with two attached hydrogens (primary N) is 2. The average molecular weight is 622 g/mol. The standard InChI is InChI=1S/C33H35N9O2S/c1-3-23(22-8-6-14-41(22)2)44-26-15-25(42-18-37-17-19-10-13-38-32(19)42)39-31(40-26)28(43)20-7-4-11-33(29(20)35)12-5-9-24-27(33)21(16-34)30(36)45-24/h3,10,13,15,17-18,22-23H,1,4-9,11-12,14,35-36H2,2H3/t22-,23-,33-/m0/s1. The summed E-state index contributed by atoms with van der Waals surface area (Å²) in [5.74, 6) is 0.943. The molecule has 5 aliphatic rings. The van der Waals surface area contributed by atoms with Crippen LogP contribution in [0, 0.1) is 11.3 Å². The predicted octanol–water partition coefficient (Wildman–Crippen LogP) is 4.56. The molecule has 0 radical (unpaired) electrons. The minimum atomic E-state index is -0.614. The van der Waals surface area contributed by atoms with Crippen molar-refractivity contribution < 1.29 is 9.53 Å². The van der Waals surface area contributed by atoms with Gasteiger partial charge in [0.1, 0.15) is 35.1 Å². The maximum absolute atomic E-state index is 14.4. The van der Waals surface area contributed by atoms with Crippen molar-refractivity contribution in [3.05, 3.63) is 76.6 Å². The lowest BCUT2D eigenvalue weighted by atomic mass is 9.62. The van der Waals surface area contributed by atoms with Crippen molar-refractivity contribution in [2.45, 2.75) is 68.9 Å². The number of aromatic nitrogens is 5. The smallest absolute Gasteiger partial charge is 0.228 e. The van der Waals surface area contributed by atoms with Crippen LogP contribution < -0.4 is 16.2 Å². The van der Waals surface area contributed by atoms with Crippen LogP contribution in [0.25, 0.3) is 17.2 Å². The molecule has 1 spiro atoms. The Labute approximate surface area is 265 Å². The summed E-state index contributed by atoms with van der Waals surface area (Å²) < 4.78 is 8.18. The Morgan fingerprint density at radius 2 is 2.09 bits per heavy atom. The second kappa shape index (κ2) is 11.4. The van der Waals surface area contributed by atoms with Crippen LogP contribution in [0.5, 0.6) is 5.88 Å². The van der Waals surface area contributed by atoms with E-state index in [0.717, 1.165) is 67.5 Å². The maximum atomic E-state index is 14.4. The topological polar surface area (TPSA) is 162 Å². The largest absolute Gasteiger partial charge is 0.468 e. The summed E-state index contributed by atoms with van der Waals surface area (Å²) in [6.45, 7) is 5.01. The van der Waals surface area contributed by atoms with Crippen molar-refractivity contribution in [2.24, 2.45) is 5.73 Å². The highest BCUT2D eigenvalue weighted by molar-refractivity contribution is 7.16. The fourth-order valence-corrected chi connectivity index (χ4v) is 8.66. The summed E-state index contributed by atoms with van der Waals surface area (Å²) in [4.78, 5) is 36.1. The highest BCUT2D eigenvalue weighted by Gasteiger charge is 2.46. The lowest BCUT2D eigenvalue weighted by molar-refractivity contribution is 0.100. The van der Waals surface area contributed by atoms with Crippen LogP contribution >= 0.6 is 11.3 Å². The van der Waals surface area contributed by atoms with Gasteiger partial charge < -0.3 is 16.2 Å². The predicted molar refractivity (Wildman–Crippen MR) is 171 cm³/mol. The molecule has 45 heavy (non-hydrogen) atoms. The molecule has 0 unspecified atom stereocenters. The number of anilines is 1. The first-order chi connectivity index (χ1) is 21.8. The lowest BCUT2D eigenvalue weighted by Gasteiger charge is -2.42. The van der Waals surface area contributed by atoms with Gasteiger partial charge in [-0.15, -0.1) is 11.3 Å². The number of ketones is 1. The number of hydrogen-bond donors (Lipinski definition) is 2. The van der Waals surface area contributed by atoms with Crippen molar-refractivity contribution in [3.63, 3.8) is 0 Å². The SMILES string of the molecule is C=C[C@H](Oc1cc(-n2cncc3ccnc2-3)nc(C(=O)C2=C(N)[C@@]3(CCC2)CCCc2sc(N)c(C#N)c23)n1)[C@@H]1CCCN1C. The van der Waals surface area contributed by atoms with Gasteiger partial charge in [0.2, 0.25) is 17.5 Å². The second-order valence-corrected chi connectivity index (χ2v) is 13.3. The summed E-state index contributed by atoms with van der Waals surface area (Å²) in [5.41, 5.74) is 15.9. The number of likely N-dealkylation sites (tertiary alicyclic amines) is 1. The quantitative estimate of drug-likeness (QED) is 0.221. The molecule has 2 aromatic heterocycles. The zero-order valence-corrected chi connectivity index (χ0v) is 26.0. The van der Waals surface area contributed by atoms with E-state index in [0.29, 0.717) is 39.9 Å². The molecule has 3 aliphatic heterocycles. The van der Waals surface area contributed by atoms with Crippen LogP contribution in [0.3, 0.4) is 0 Å². The molecule has 2 aliphatic carbocycles. The number of nitriles is 1. The number of carbonyl (C=O) groups excluding carboxylic acids is 1. The first-order valence-electron chi connectivity index (χ1n) is 15.4. The third kappa shape index (κ3) is 4.78. The Balaban J connectivity index is 1.34. The molecule has 0 bridgehead atoms. The zero-order chi connectivity index (χ0) is 31.3. The summed E-state index contributed by atoms with van der Waals surface area (Å²) in [5, 5.41) is 10.5. The molecule has 12 heteroatoms. The van der Waals surface area contributed by atoms with E-state index < -0.39 is 5.41 Å². The summed E-state index contributed by atoms with van der Waals surface area (Å²) in [7, 11) is 2.07. The van der Waals surface area contributed by atoms with Crippen molar-refractivity contribution in [3.8, 4) is 29.2 Å². The van der Waals surface area contributed by atoms with E-state index in [1.54, 1.807) is 35.4 Å². The minimum absolute atomic E-state index is 0.0162. The van der Waals surface area contributed by atoms with Crippen LogP contribution in [0.4, 0.5) is 5.00 Å². The first kappa shape index (κ1) is 29.1. The molecule has 1 fully saturated rings. The van der Waals surface area contributed by atoms with Crippen LogP contribution in [0.2, 0.25) is 0 Å². The number of allylic oxidation sites excluding steroid dienone is 2. The van der Waals surface area contributed by atoms with Gasteiger partial charge in [-0.1, -0.05) is 6.58 Å². The van der Waals surface area contributed by atoms with Crippen molar-refractivity contribution in [2.75, 3.05) is 19.3 Å². The maximum Gasteiger partial charge on any atom is 0.228 e. The molecule has 4 N–H and O–H groups in total. The number of fused-ring (bicyclic) bond motifs is 3. The highest BCUT2D eigenvalue weighted by atomic mass is 32.1. The third-order valence-corrected chi connectivity index (χ3v) is 10.7. The molecular weight excluding hydrogens is 586 g/mol. The molecule has 0 saturated carbocycles. The number of likely N-dealkylation sites (N-methyl/N-ethyl adjacent to an activating group) is 1. The number of aryl methyl sites for hydroxylation is 1. The minimum Gasteiger partial charge on any atom is -0.468 e. The average Bonchev–Trinajstić information content (AvgIpc) is 3.79. The molecule has 7 rings (SSSR count). The Kier molecular flexibility index (Phi) is 7.38. The van der Waals surface area contributed by atoms with E-state index in [1.165, 1.54) is 11.3 Å². The van der Waals surface area contributed by atoms with Crippen LogP contribution in [0.15, 0.2) is 54.8 Å². The zero-order valence-electron chi connectivity index (χ0n) is 25.2. The normalized spacial score (nSPS) is 22.4. The Hall–Kier alpha value is -4.60. The van der Waals surface area contributed by atoms with Gasteiger partial charge in [-0.25, -0.2) is 15.0 Å².